The van der Waals surface area contributed by atoms with Crippen LogP contribution >= 0.6 is 11.6 Å². The highest BCUT2D eigenvalue weighted by Crippen LogP contribution is 2.33. The van der Waals surface area contributed by atoms with Gasteiger partial charge in [-0.2, -0.15) is 0 Å². The highest BCUT2D eigenvalue weighted by molar-refractivity contribution is 6.30. The van der Waals surface area contributed by atoms with E-state index in [-0.39, 0.29) is 16.8 Å². The smallest absolute Gasteiger partial charge is 0.277 e. The standard InChI is InChI=1S/C23H27ClFN5O2/c1-14-10-16(24)6-7-18(14)27-21-17(23(31)28-32-12-15-4-5-15)11-19-22(20(21)25)26-13-30(19)9-8-29(2)3/h6-7,10-11,13,15,27H,4-5,8-9,12H2,1-3H3,(H,28,31). The maximum absolute atomic E-state index is 15.7. The van der Waals surface area contributed by atoms with Crippen LogP contribution in [0.15, 0.2) is 30.6 Å². The number of hydrogen-bond acceptors (Lipinski definition) is 5. The molecule has 0 bridgehead atoms. The van der Waals surface area contributed by atoms with E-state index in [4.69, 9.17) is 16.4 Å². The van der Waals surface area contributed by atoms with Gasteiger partial charge in [-0.25, -0.2) is 14.9 Å². The molecule has 0 atom stereocenters. The highest BCUT2D eigenvalue weighted by Gasteiger charge is 2.25. The van der Waals surface area contributed by atoms with Crippen LogP contribution in [0.5, 0.6) is 0 Å². The summed E-state index contributed by atoms with van der Waals surface area (Å²) in [7, 11) is 3.93. The van der Waals surface area contributed by atoms with Crippen molar-refractivity contribution >= 4 is 39.9 Å². The summed E-state index contributed by atoms with van der Waals surface area (Å²) in [6, 6.07) is 6.89. The van der Waals surface area contributed by atoms with Crippen LogP contribution in [-0.2, 0) is 11.4 Å². The predicted molar refractivity (Wildman–Crippen MR) is 124 cm³/mol. The Morgan fingerprint density at radius 1 is 1.34 bits per heavy atom. The molecule has 9 heteroatoms. The van der Waals surface area contributed by atoms with Crippen LogP contribution in [-0.4, -0.2) is 47.6 Å². The van der Waals surface area contributed by atoms with Crippen molar-refractivity contribution in [3.63, 3.8) is 0 Å². The first-order chi connectivity index (χ1) is 15.3. The lowest BCUT2D eigenvalue weighted by Crippen LogP contribution is -2.26. The molecule has 4 rings (SSSR count). The summed E-state index contributed by atoms with van der Waals surface area (Å²) in [6.07, 6.45) is 3.80. The van der Waals surface area contributed by atoms with Crippen molar-refractivity contribution in [3.05, 3.63) is 52.6 Å². The van der Waals surface area contributed by atoms with E-state index in [1.165, 1.54) is 0 Å². The number of likely N-dealkylation sites (N-methyl/N-ethyl adjacent to an activating group) is 1. The number of nitrogens with zero attached hydrogens (tertiary/aromatic N) is 3. The van der Waals surface area contributed by atoms with Crippen LogP contribution in [0.1, 0.15) is 28.8 Å². The van der Waals surface area contributed by atoms with E-state index < -0.39 is 11.7 Å². The molecule has 1 saturated carbocycles. The van der Waals surface area contributed by atoms with E-state index in [9.17, 15) is 4.79 Å². The Hall–Kier alpha value is -2.68. The molecule has 0 radical (unpaired) electrons. The van der Waals surface area contributed by atoms with E-state index in [2.05, 4.69) is 15.8 Å². The number of aromatic nitrogens is 2. The number of amides is 1. The maximum atomic E-state index is 15.7. The van der Waals surface area contributed by atoms with Gasteiger partial charge in [0.2, 0.25) is 0 Å². The van der Waals surface area contributed by atoms with Gasteiger partial charge in [-0.1, -0.05) is 11.6 Å². The molecule has 1 aliphatic carbocycles. The van der Waals surface area contributed by atoms with Crippen molar-refractivity contribution in [3.8, 4) is 0 Å². The van der Waals surface area contributed by atoms with Gasteiger partial charge in [-0.15, -0.1) is 0 Å². The van der Waals surface area contributed by atoms with Crippen molar-refractivity contribution in [1.29, 1.82) is 0 Å². The average Bonchev–Trinajstić information content (AvgIpc) is 3.47. The molecule has 0 saturated heterocycles. The quantitative estimate of drug-likeness (QED) is 0.460. The number of carbonyl (C=O) groups excluding carboxylic acids is 1. The first-order valence-corrected chi connectivity index (χ1v) is 11.0. The van der Waals surface area contributed by atoms with Crippen molar-refractivity contribution < 1.29 is 14.0 Å². The van der Waals surface area contributed by atoms with Crippen molar-refractivity contribution in [1.82, 2.24) is 19.9 Å². The van der Waals surface area contributed by atoms with Gasteiger partial charge in [0.1, 0.15) is 5.52 Å². The molecule has 3 aromatic rings. The summed E-state index contributed by atoms with van der Waals surface area (Å²) in [6.45, 7) is 3.68. The third-order valence-corrected chi connectivity index (χ3v) is 5.75. The van der Waals surface area contributed by atoms with Gasteiger partial charge in [0.25, 0.3) is 5.91 Å². The Bertz CT molecular complexity index is 1140. The number of nitrogens with one attached hydrogen (secondary N) is 2. The molecule has 0 aliphatic heterocycles. The number of imidazole rings is 1. The number of carbonyl (C=O) groups is 1. The molecule has 2 aromatic carbocycles. The fraction of sp³-hybridized carbons (Fsp3) is 0.391. The third kappa shape index (κ3) is 5.03. The monoisotopic (exact) mass is 459 g/mol. The van der Waals surface area contributed by atoms with Gasteiger partial charge in [-0.3, -0.25) is 9.63 Å². The predicted octanol–water partition coefficient (Wildman–Crippen LogP) is 4.51. The molecule has 0 unspecified atom stereocenters. The summed E-state index contributed by atoms with van der Waals surface area (Å²) in [5.41, 5.74) is 4.89. The first kappa shape index (κ1) is 22.5. The van der Waals surface area contributed by atoms with Gasteiger partial charge < -0.3 is 14.8 Å². The minimum atomic E-state index is -0.590. The molecular weight excluding hydrogens is 433 g/mol. The fourth-order valence-electron chi connectivity index (χ4n) is 3.41. The van der Waals surface area contributed by atoms with E-state index >= 15 is 4.39 Å². The lowest BCUT2D eigenvalue weighted by molar-refractivity contribution is 0.0271. The van der Waals surface area contributed by atoms with Crippen LogP contribution in [0.2, 0.25) is 5.02 Å². The SMILES string of the molecule is Cc1cc(Cl)ccc1Nc1c(C(=O)NOCC2CC2)cc2c(ncn2CCN(C)C)c1F. The Morgan fingerprint density at radius 3 is 2.81 bits per heavy atom. The van der Waals surface area contributed by atoms with Crippen LogP contribution in [0.4, 0.5) is 15.8 Å². The first-order valence-electron chi connectivity index (χ1n) is 10.6. The van der Waals surface area contributed by atoms with E-state index in [0.717, 1.165) is 24.9 Å². The van der Waals surface area contributed by atoms with Gasteiger partial charge in [0, 0.05) is 23.8 Å². The summed E-state index contributed by atoms with van der Waals surface area (Å²) >= 11 is 6.05. The van der Waals surface area contributed by atoms with Gasteiger partial charge in [-0.05, 0) is 69.6 Å². The second-order valence-corrected chi connectivity index (χ2v) is 8.93. The van der Waals surface area contributed by atoms with Crippen LogP contribution in [0.3, 0.4) is 0 Å². The zero-order valence-corrected chi connectivity index (χ0v) is 19.2. The second-order valence-electron chi connectivity index (χ2n) is 8.49. The summed E-state index contributed by atoms with van der Waals surface area (Å²) in [4.78, 5) is 24.7. The van der Waals surface area contributed by atoms with Gasteiger partial charge in [0.15, 0.2) is 5.82 Å². The van der Waals surface area contributed by atoms with Gasteiger partial charge >= 0.3 is 0 Å². The van der Waals surface area contributed by atoms with Crippen LogP contribution in [0, 0.1) is 18.7 Å². The Kier molecular flexibility index (Phi) is 6.64. The van der Waals surface area contributed by atoms with Crippen LogP contribution in [0.25, 0.3) is 11.0 Å². The lowest BCUT2D eigenvalue weighted by atomic mass is 10.1. The number of fused-ring (bicyclic) bond motifs is 1. The Labute approximate surface area is 191 Å². The second kappa shape index (κ2) is 9.44. The summed E-state index contributed by atoms with van der Waals surface area (Å²) in [5, 5.41) is 3.65. The lowest BCUT2D eigenvalue weighted by Gasteiger charge is -2.16. The molecular formula is C23H27ClFN5O2. The van der Waals surface area contributed by atoms with E-state index in [0.29, 0.717) is 35.3 Å². The molecule has 170 valence electrons. The number of aryl methyl sites for hydroxylation is 1. The molecule has 0 spiro atoms. The minimum absolute atomic E-state index is 0.0494. The van der Waals surface area contributed by atoms with E-state index in [1.807, 2.05) is 30.5 Å². The molecule has 1 amide bonds. The zero-order valence-electron chi connectivity index (χ0n) is 18.4. The van der Waals surface area contributed by atoms with Crippen LogP contribution < -0.4 is 10.8 Å². The fourth-order valence-corrected chi connectivity index (χ4v) is 3.64. The number of anilines is 2. The minimum Gasteiger partial charge on any atom is -0.352 e. The number of rotatable bonds is 9. The molecule has 32 heavy (non-hydrogen) atoms. The molecule has 1 aromatic heterocycles. The Morgan fingerprint density at radius 2 is 2.12 bits per heavy atom. The van der Waals surface area contributed by atoms with Crippen molar-refractivity contribution in [2.75, 3.05) is 32.6 Å². The molecule has 7 nitrogen and oxygen atoms in total. The number of benzene rings is 2. The number of hydrogen-bond donors (Lipinski definition) is 2. The third-order valence-electron chi connectivity index (χ3n) is 5.52. The topological polar surface area (TPSA) is 71.4 Å². The highest BCUT2D eigenvalue weighted by atomic mass is 35.5. The van der Waals surface area contributed by atoms with E-state index in [1.54, 1.807) is 30.6 Å². The Balaban J connectivity index is 1.72. The largest absolute Gasteiger partial charge is 0.352 e. The molecule has 1 fully saturated rings. The maximum Gasteiger partial charge on any atom is 0.277 e. The van der Waals surface area contributed by atoms with Crippen molar-refractivity contribution in [2.24, 2.45) is 5.92 Å². The normalized spacial score (nSPS) is 13.7. The molecule has 2 N–H and O–H groups in total. The number of halogens is 2. The molecule has 1 aliphatic rings. The summed E-state index contributed by atoms with van der Waals surface area (Å²) < 4.78 is 17.5. The summed E-state index contributed by atoms with van der Waals surface area (Å²) in [5.74, 6) is -0.620. The van der Waals surface area contributed by atoms with Gasteiger partial charge in [0.05, 0.1) is 29.7 Å². The van der Waals surface area contributed by atoms with Crippen molar-refractivity contribution in [2.45, 2.75) is 26.3 Å². The molecule has 1 heterocycles. The number of hydroxylamine groups is 1. The zero-order chi connectivity index (χ0) is 22.8. The average molecular weight is 460 g/mol.